The van der Waals surface area contributed by atoms with Gasteiger partial charge < -0.3 is 4.57 Å². The smallest absolute Gasteiger partial charge is 0.166 e. The van der Waals surface area contributed by atoms with Crippen LogP contribution in [0.25, 0.3) is 102 Å². The van der Waals surface area contributed by atoms with E-state index in [0.717, 1.165) is 38.8 Å². The average Bonchev–Trinajstić information content (AvgIpc) is 3.87. The molecule has 4 nitrogen and oxygen atoms in total. The fourth-order valence-corrected chi connectivity index (χ4v) is 9.83. The summed E-state index contributed by atoms with van der Waals surface area (Å²) in [4.78, 5) is 16.0. The van der Waals surface area contributed by atoms with Crippen molar-refractivity contribution in [2.45, 2.75) is 0 Å². The van der Waals surface area contributed by atoms with E-state index in [2.05, 4.69) is 162 Å². The first-order valence-corrected chi connectivity index (χ1v) is 18.6. The maximum Gasteiger partial charge on any atom is 0.166 e. The van der Waals surface area contributed by atoms with Crippen molar-refractivity contribution in [1.29, 1.82) is 0 Å². The van der Waals surface area contributed by atoms with Crippen molar-refractivity contribution in [3.05, 3.63) is 158 Å². The number of hydrogen-bond acceptors (Lipinski definition) is 5. The number of para-hydroxylation sites is 3. The van der Waals surface area contributed by atoms with Crippen LogP contribution in [0.15, 0.2) is 158 Å². The maximum absolute atomic E-state index is 5.36. The number of nitrogens with zero attached hydrogens (tertiary/aromatic N) is 4. The van der Waals surface area contributed by atoms with Crippen LogP contribution in [0.4, 0.5) is 0 Å². The van der Waals surface area contributed by atoms with Gasteiger partial charge in [0.1, 0.15) is 0 Å². The zero-order valence-corrected chi connectivity index (χ0v) is 28.7. The Bertz CT molecular complexity index is 3150. The second kappa shape index (κ2) is 11.2. The van der Waals surface area contributed by atoms with Gasteiger partial charge >= 0.3 is 0 Å². The quantitative estimate of drug-likeness (QED) is 0.185. The molecule has 0 spiro atoms. The summed E-state index contributed by atoms with van der Waals surface area (Å²) in [5, 5.41) is 7.21. The Kier molecular flexibility index (Phi) is 6.26. The molecule has 0 aliphatic rings. The summed E-state index contributed by atoms with van der Waals surface area (Å²) in [5.41, 5.74) is 6.25. The van der Waals surface area contributed by atoms with Crippen LogP contribution in [-0.2, 0) is 0 Å². The molecule has 0 bridgehead atoms. The molecule has 0 saturated heterocycles. The number of fused-ring (bicyclic) bond motifs is 9. The second-order valence-corrected chi connectivity index (χ2v) is 14.9. The van der Waals surface area contributed by atoms with E-state index < -0.39 is 0 Å². The van der Waals surface area contributed by atoms with Crippen molar-refractivity contribution in [3.63, 3.8) is 0 Å². The lowest BCUT2D eigenvalue weighted by molar-refractivity contribution is 1.07. The zero-order valence-electron chi connectivity index (χ0n) is 27.1. The van der Waals surface area contributed by atoms with Crippen LogP contribution < -0.4 is 0 Å². The van der Waals surface area contributed by atoms with E-state index >= 15 is 0 Å². The lowest BCUT2D eigenvalue weighted by Crippen LogP contribution is -2.02. The number of hydrogen-bond donors (Lipinski definition) is 0. The Morgan fingerprint density at radius 1 is 0.392 bits per heavy atom. The zero-order chi connectivity index (χ0) is 33.5. The third kappa shape index (κ3) is 4.40. The van der Waals surface area contributed by atoms with E-state index in [4.69, 9.17) is 15.0 Å². The Balaban J connectivity index is 1.24. The van der Waals surface area contributed by atoms with Gasteiger partial charge in [0.05, 0.1) is 11.0 Å². The first kappa shape index (κ1) is 28.6. The fraction of sp³-hybridized carbons (Fsp3) is 0. The normalized spacial score (nSPS) is 11.9. The van der Waals surface area contributed by atoms with Crippen molar-refractivity contribution in [1.82, 2.24) is 19.5 Å². The molecule has 0 atom stereocenters. The third-order valence-corrected chi connectivity index (χ3v) is 12.2. The van der Waals surface area contributed by atoms with Crippen molar-refractivity contribution in [2.75, 3.05) is 0 Å². The average molecular weight is 687 g/mol. The second-order valence-electron chi connectivity index (χ2n) is 12.8. The van der Waals surface area contributed by atoms with Crippen molar-refractivity contribution in [2.24, 2.45) is 0 Å². The van der Waals surface area contributed by atoms with Crippen LogP contribution in [0.5, 0.6) is 0 Å². The van der Waals surface area contributed by atoms with Gasteiger partial charge in [0.15, 0.2) is 17.5 Å². The summed E-state index contributed by atoms with van der Waals surface area (Å²) in [6.45, 7) is 0. The van der Waals surface area contributed by atoms with Gasteiger partial charge in [-0.1, -0.05) is 97.1 Å². The molecule has 0 amide bonds. The summed E-state index contributed by atoms with van der Waals surface area (Å²) in [6, 6.07) is 56.0. The van der Waals surface area contributed by atoms with Crippen LogP contribution in [0.1, 0.15) is 0 Å². The molecule has 0 saturated carbocycles. The maximum atomic E-state index is 5.36. The van der Waals surface area contributed by atoms with Crippen LogP contribution in [0.2, 0.25) is 0 Å². The van der Waals surface area contributed by atoms with Crippen molar-refractivity contribution >= 4 is 84.8 Å². The lowest BCUT2D eigenvalue weighted by Gasteiger charge is -2.13. The van der Waals surface area contributed by atoms with Crippen LogP contribution in [-0.4, -0.2) is 19.5 Å². The Morgan fingerprint density at radius 2 is 0.980 bits per heavy atom. The highest BCUT2D eigenvalue weighted by Gasteiger charge is 2.21. The highest BCUT2D eigenvalue weighted by atomic mass is 32.1. The molecule has 11 aromatic rings. The summed E-state index contributed by atoms with van der Waals surface area (Å²) in [5.74, 6) is 1.97. The minimum absolute atomic E-state index is 0.646. The minimum Gasteiger partial charge on any atom is -0.309 e. The summed E-state index contributed by atoms with van der Waals surface area (Å²) in [7, 11) is 0. The van der Waals surface area contributed by atoms with Crippen LogP contribution in [0.3, 0.4) is 0 Å². The molecule has 0 fully saturated rings. The molecule has 4 heterocycles. The van der Waals surface area contributed by atoms with Gasteiger partial charge in [-0.25, -0.2) is 15.0 Å². The number of benzene rings is 7. The standard InChI is InChI=1S/C45H26N4S2/c1-2-12-28(13-3-1)49-36-20-7-4-14-29(36)31-17-10-19-34(42(31)49)45-47-43(27-24-25-39-35(26-27)30-15-5-8-21-37(30)50-39)46-44(48-45)33-18-11-23-40-41(33)32-16-6-9-22-38(32)51-40/h1-26H. The lowest BCUT2D eigenvalue weighted by atomic mass is 10.0. The van der Waals surface area contributed by atoms with E-state index in [1.165, 1.54) is 45.7 Å². The van der Waals surface area contributed by atoms with Gasteiger partial charge in [-0.05, 0) is 60.7 Å². The molecular formula is C45H26N4S2. The molecule has 6 heteroatoms. The molecular weight excluding hydrogens is 661 g/mol. The van der Waals surface area contributed by atoms with Crippen molar-refractivity contribution < 1.29 is 0 Å². The number of rotatable bonds is 4. The molecule has 0 unspecified atom stereocenters. The first-order valence-electron chi connectivity index (χ1n) is 16.9. The van der Waals surface area contributed by atoms with Gasteiger partial charge in [-0.15, -0.1) is 22.7 Å². The summed E-state index contributed by atoms with van der Waals surface area (Å²) >= 11 is 3.62. The molecule has 0 aliphatic carbocycles. The monoisotopic (exact) mass is 686 g/mol. The predicted octanol–water partition coefficient (Wildman–Crippen LogP) is 12.7. The molecule has 51 heavy (non-hydrogen) atoms. The SMILES string of the molecule is c1ccc(-n2c3ccccc3c3cccc(-c4nc(-c5ccc6sc7ccccc7c6c5)nc(-c5cccc6sc7ccccc7c56)n4)c32)cc1. The molecule has 238 valence electrons. The largest absolute Gasteiger partial charge is 0.309 e. The summed E-state index contributed by atoms with van der Waals surface area (Å²) in [6.07, 6.45) is 0. The first-order chi connectivity index (χ1) is 25.3. The van der Waals surface area contributed by atoms with E-state index in [1.54, 1.807) is 11.3 Å². The number of aromatic nitrogens is 4. The van der Waals surface area contributed by atoms with Gasteiger partial charge in [-0.3, -0.25) is 0 Å². The van der Waals surface area contributed by atoms with Gasteiger partial charge in [0, 0.05) is 73.5 Å². The molecule has 0 radical (unpaired) electrons. The third-order valence-electron chi connectivity index (χ3n) is 9.86. The van der Waals surface area contributed by atoms with Gasteiger partial charge in [-0.2, -0.15) is 0 Å². The predicted molar refractivity (Wildman–Crippen MR) is 216 cm³/mol. The van der Waals surface area contributed by atoms with Crippen LogP contribution >= 0.6 is 22.7 Å². The molecule has 11 rings (SSSR count). The van der Waals surface area contributed by atoms with Crippen LogP contribution in [0, 0.1) is 0 Å². The van der Waals surface area contributed by atoms with E-state index in [1.807, 2.05) is 11.3 Å². The molecule has 7 aromatic carbocycles. The molecule has 0 N–H and O–H groups in total. The topological polar surface area (TPSA) is 43.6 Å². The summed E-state index contributed by atoms with van der Waals surface area (Å²) < 4.78 is 7.34. The minimum atomic E-state index is 0.646. The van der Waals surface area contributed by atoms with Gasteiger partial charge in [0.2, 0.25) is 0 Å². The Morgan fingerprint density at radius 3 is 1.84 bits per heavy atom. The highest BCUT2D eigenvalue weighted by molar-refractivity contribution is 7.26. The molecule has 4 aromatic heterocycles. The Labute approximate surface area is 300 Å². The van der Waals surface area contributed by atoms with Gasteiger partial charge in [0.25, 0.3) is 0 Å². The number of thiophene rings is 2. The van der Waals surface area contributed by atoms with E-state index in [0.29, 0.717) is 17.5 Å². The fourth-order valence-electron chi connectivity index (χ4n) is 7.62. The highest BCUT2D eigenvalue weighted by Crippen LogP contribution is 2.42. The van der Waals surface area contributed by atoms with E-state index in [-0.39, 0.29) is 0 Å². The molecule has 0 aliphatic heterocycles. The Hall–Kier alpha value is -6.21. The van der Waals surface area contributed by atoms with E-state index in [9.17, 15) is 0 Å². The van der Waals surface area contributed by atoms with Crippen molar-refractivity contribution in [3.8, 4) is 39.9 Å².